The number of hydrogen-bond donors (Lipinski definition) is 1. The molecule has 0 bridgehead atoms. The third-order valence-electron chi connectivity index (χ3n) is 6.11. The predicted octanol–water partition coefficient (Wildman–Crippen LogP) is 3.63. The summed E-state index contributed by atoms with van der Waals surface area (Å²) >= 11 is 5.86. The molecule has 8 heteroatoms. The summed E-state index contributed by atoms with van der Waals surface area (Å²) in [6.45, 7) is 4.21. The molecule has 4 atom stereocenters. The molecule has 1 N–H and O–H groups in total. The number of benzene rings is 1. The van der Waals surface area contributed by atoms with E-state index in [1.54, 1.807) is 0 Å². The van der Waals surface area contributed by atoms with Crippen LogP contribution in [0.3, 0.4) is 0 Å². The van der Waals surface area contributed by atoms with Crippen molar-refractivity contribution in [1.29, 1.82) is 0 Å². The number of hydrogen-bond acceptors (Lipinski definition) is 4. The van der Waals surface area contributed by atoms with E-state index in [0.29, 0.717) is 18.4 Å². The Morgan fingerprint density at radius 1 is 1.31 bits per heavy atom. The van der Waals surface area contributed by atoms with Crippen LogP contribution in [0.15, 0.2) is 18.2 Å². The third-order valence-corrected chi connectivity index (χ3v) is 6.42. The van der Waals surface area contributed by atoms with Crippen LogP contribution < -0.4 is 5.32 Å². The SMILES string of the molecule is C[C@H]1[C@H](N2C[C@H](C(=O)OCC(=O)Nc3ccc(F)cc3Cl)CC2=O)CCC[C@@H]1C. The third kappa shape index (κ3) is 5.07. The molecule has 1 heterocycles. The summed E-state index contributed by atoms with van der Waals surface area (Å²) in [5, 5.41) is 2.52. The Morgan fingerprint density at radius 2 is 2.07 bits per heavy atom. The van der Waals surface area contributed by atoms with Gasteiger partial charge >= 0.3 is 5.97 Å². The lowest BCUT2D eigenvalue weighted by Crippen LogP contribution is -2.45. The van der Waals surface area contributed by atoms with Crippen LogP contribution in [0.5, 0.6) is 0 Å². The minimum atomic E-state index is -0.581. The minimum absolute atomic E-state index is 0.0274. The topological polar surface area (TPSA) is 75.7 Å². The quantitative estimate of drug-likeness (QED) is 0.732. The van der Waals surface area contributed by atoms with Gasteiger partial charge < -0.3 is 15.0 Å². The number of carbonyl (C=O) groups is 3. The Bertz CT molecular complexity index is 803. The van der Waals surface area contributed by atoms with Gasteiger partial charge in [0.1, 0.15) is 5.82 Å². The molecule has 1 aromatic carbocycles. The van der Waals surface area contributed by atoms with Crippen LogP contribution in [-0.4, -0.2) is 41.9 Å². The molecule has 0 unspecified atom stereocenters. The summed E-state index contributed by atoms with van der Waals surface area (Å²) in [6.07, 6.45) is 3.32. The van der Waals surface area contributed by atoms with Gasteiger partial charge in [-0.2, -0.15) is 0 Å². The zero-order chi connectivity index (χ0) is 21.1. The molecule has 1 saturated carbocycles. The van der Waals surface area contributed by atoms with Crippen molar-refractivity contribution in [2.75, 3.05) is 18.5 Å². The molecule has 3 rings (SSSR count). The first-order valence-corrected chi connectivity index (χ1v) is 10.3. The predicted molar refractivity (Wildman–Crippen MR) is 107 cm³/mol. The van der Waals surface area contributed by atoms with Crippen LogP contribution in [0.1, 0.15) is 39.5 Å². The molecular weight excluding hydrogens is 399 g/mol. The first kappa shape index (κ1) is 21.6. The maximum Gasteiger partial charge on any atom is 0.311 e. The smallest absolute Gasteiger partial charge is 0.311 e. The number of nitrogens with one attached hydrogen (secondary N) is 1. The lowest BCUT2D eigenvalue weighted by molar-refractivity contribution is -0.151. The van der Waals surface area contributed by atoms with E-state index in [1.165, 1.54) is 18.6 Å². The molecule has 1 aliphatic heterocycles. The monoisotopic (exact) mass is 424 g/mol. The highest BCUT2D eigenvalue weighted by Gasteiger charge is 2.42. The molecule has 2 aliphatic rings. The molecule has 2 fully saturated rings. The zero-order valence-corrected chi connectivity index (χ0v) is 17.4. The summed E-state index contributed by atoms with van der Waals surface area (Å²) in [6, 6.07) is 3.74. The van der Waals surface area contributed by atoms with Crippen molar-refractivity contribution in [3.63, 3.8) is 0 Å². The van der Waals surface area contributed by atoms with E-state index in [0.717, 1.165) is 18.9 Å². The second-order valence-corrected chi connectivity index (χ2v) is 8.47. The summed E-state index contributed by atoms with van der Waals surface area (Å²) in [5.41, 5.74) is 0.233. The van der Waals surface area contributed by atoms with E-state index in [4.69, 9.17) is 16.3 Å². The van der Waals surface area contributed by atoms with Crippen LogP contribution >= 0.6 is 11.6 Å². The van der Waals surface area contributed by atoms with Crippen molar-refractivity contribution >= 4 is 35.1 Å². The van der Waals surface area contributed by atoms with Gasteiger partial charge in [-0.05, 0) is 36.5 Å². The van der Waals surface area contributed by atoms with Crippen LogP contribution in [-0.2, 0) is 19.1 Å². The molecular formula is C21H26ClFN2O4. The van der Waals surface area contributed by atoms with Crippen LogP contribution in [0.2, 0.25) is 5.02 Å². The summed E-state index contributed by atoms with van der Waals surface area (Å²) < 4.78 is 18.2. The number of amides is 2. The van der Waals surface area contributed by atoms with Crippen molar-refractivity contribution in [2.45, 2.75) is 45.6 Å². The van der Waals surface area contributed by atoms with Crippen LogP contribution in [0.4, 0.5) is 10.1 Å². The van der Waals surface area contributed by atoms with Gasteiger partial charge in [-0.1, -0.05) is 38.3 Å². The van der Waals surface area contributed by atoms with E-state index >= 15 is 0 Å². The lowest BCUT2D eigenvalue weighted by atomic mass is 9.77. The first-order chi connectivity index (χ1) is 13.8. The van der Waals surface area contributed by atoms with Crippen molar-refractivity contribution in [3.8, 4) is 0 Å². The van der Waals surface area contributed by atoms with E-state index in [2.05, 4.69) is 19.2 Å². The van der Waals surface area contributed by atoms with E-state index in [9.17, 15) is 18.8 Å². The van der Waals surface area contributed by atoms with Gasteiger partial charge in [0.05, 0.1) is 16.6 Å². The molecule has 2 amide bonds. The number of halogens is 2. The number of likely N-dealkylation sites (tertiary alicyclic amines) is 1. The van der Waals surface area contributed by atoms with E-state index in [1.807, 2.05) is 4.90 Å². The summed E-state index contributed by atoms with van der Waals surface area (Å²) in [7, 11) is 0. The van der Waals surface area contributed by atoms with Gasteiger partial charge in [-0.3, -0.25) is 14.4 Å². The van der Waals surface area contributed by atoms with Crippen molar-refractivity contribution in [1.82, 2.24) is 4.90 Å². The molecule has 0 spiro atoms. The number of carbonyl (C=O) groups excluding carboxylic acids is 3. The van der Waals surface area contributed by atoms with Crippen molar-refractivity contribution < 1.29 is 23.5 Å². The van der Waals surface area contributed by atoms with Crippen LogP contribution in [0, 0.1) is 23.6 Å². The standard InChI is InChI=1S/C21H26ClFN2O4/c1-12-4-3-5-18(13(12)2)25-10-14(8-20(25)27)21(28)29-11-19(26)24-17-7-6-15(23)9-16(17)22/h6-7,9,12-14,18H,3-5,8,10-11H2,1-2H3,(H,24,26)/t12-,13+,14+,18+/m0/s1. The Labute approximate surface area is 174 Å². The van der Waals surface area contributed by atoms with E-state index < -0.39 is 30.2 Å². The van der Waals surface area contributed by atoms with Gasteiger partial charge in [0.2, 0.25) is 5.91 Å². The highest BCUT2D eigenvalue weighted by atomic mass is 35.5. The molecule has 1 aromatic rings. The molecule has 1 saturated heterocycles. The fraction of sp³-hybridized carbons (Fsp3) is 0.571. The number of ether oxygens (including phenoxy) is 1. The Hall–Kier alpha value is -2.15. The van der Waals surface area contributed by atoms with Gasteiger partial charge in [0.25, 0.3) is 5.91 Å². The highest BCUT2D eigenvalue weighted by Crippen LogP contribution is 2.36. The van der Waals surface area contributed by atoms with Crippen molar-refractivity contribution in [2.24, 2.45) is 17.8 Å². The average molecular weight is 425 g/mol. The summed E-state index contributed by atoms with van der Waals surface area (Å²) in [4.78, 5) is 38.7. The first-order valence-electron chi connectivity index (χ1n) is 9.97. The maximum absolute atomic E-state index is 13.1. The molecule has 6 nitrogen and oxygen atoms in total. The number of nitrogens with zero attached hydrogens (tertiary/aromatic N) is 1. The largest absolute Gasteiger partial charge is 0.455 e. The highest BCUT2D eigenvalue weighted by molar-refractivity contribution is 6.33. The van der Waals surface area contributed by atoms with E-state index in [-0.39, 0.29) is 29.1 Å². The number of rotatable bonds is 5. The fourth-order valence-corrected chi connectivity index (χ4v) is 4.45. The Morgan fingerprint density at radius 3 is 2.79 bits per heavy atom. The van der Waals surface area contributed by atoms with Gasteiger partial charge in [-0.15, -0.1) is 0 Å². The lowest BCUT2D eigenvalue weighted by Gasteiger charge is -2.39. The normalized spacial score (nSPS) is 27.0. The van der Waals surface area contributed by atoms with Gasteiger partial charge in [-0.25, -0.2) is 4.39 Å². The Kier molecular flexibility index (Phi) is 6.77. The van der Waals surface area contributed by atoms with Crippen molar-refractivity contribution in [3.05, 3.63) is 29.0 Å². The Balaban J connectivity index is 1.51. The summed E-state index contributed by atoms with van der Waals surface area (Å²) in [5.74, 6) is -1.30. The molecule has 0 radical (unpaired) electrons. The number of esters is 1. The molecule has 29 heavy (non-hydrogen) atoms. The second kappa shape index (κ2) is 9.11. The second-order valence-electron chi connectivity index (χ2n) is 8.06. The molecule has 0 aromatic heterocycles. The fourth-order valence-electron chi connectivity index (χ4n) is 4.24. The zero-order valence-electron chi connectivity index (χ0n) is 16.6. The number of anilines is 1. The van der Waals surface area contributed by atoms with Gasteiger partial charge in [0, 0.05) is 19.0 Å². The molecule has 1 aliphatic carbocycles. The minimum Gasteiger partial charge on any atom is -0.455 e. The average Bonchev–Trinajstić information content (AvgIpc) is 3.06. The molecule has 158 valence electrons. The van der Waals surface area contributed by atoms with Crippen LogP contribution in [0.25, 0.3) is 0 Å². The maximum atomic E-state index is 13.1. The van der Waals surface area contributed by atoms with Gasteiger partial charge in [0.15, 0.2) is 6.61 Å².